The van der Waals surface area contributed by atoms with Crippen molar-refractivity contribution in [1.29, 1.82) is 0 Å². The Balaban J connectivity index is 2.08. The number of anilines is 1. The number of nitrogens with zero attached hydrogens (tertiary/aromatic N) is 2. The molecule has 2 heterocycles. The number of ether oxygens (including phenoxy) is 1. The summed E-state index contributed by atoms with van der Waals surface area (Å²) in [6.45, 7) is 6.25. The molecule has 1 aromatic heterocycles. The highest BCUT2D eigenvalue weighted by molar-refractivity contribution is 5.45. The number of hydrogen-bond acceptors (Lipinski definition) is 4. The second-order valence-corrected chi connectivity index (χ2v) is 5.78. The van der Waals surface area contributed by atoms with Crippen molar-refractivity contribution < 1.29 is 9.84 Å². The average molecular weight is 264 g/mol. The normalized spacial score (nSPS) is 23.9. The third-order valence-corrected chi connectivity index (χ3v) is 3.70. The lowest BCUT2D eigenvalue weighted by Crippen LogP contribution is -2.51. The second kappa shape index (κ2) is 5.88. The standard InChI is InChI=1S/C15H24N2O2/c1-12(2)14-6-5-13(9-16-14)17-8-4-7-15(18,10-17)11-19-3/h5-6,9,12,18H,4,7-8,10-11H2,1-3H3. The van der Waals surface area contributed by atoms with E-state index in [1.807, 2.05) is 6.20 Å². The van der Waals surface area contributed by atoms with Gasteiger partial charge in [0.25, 0.3) is 0 Å². The van der Waals surface area contributed by atoms with E-state index in [0.29, 0.717) is 19.1 Å². The van der Waals surface area contributed by atoms with Crippen LogP contribution in [0.3, 0.4) is 0 Å². The van der Waals surface area contributed by atoms with Gasteiger partial charge >= 0.3 is 0 Å². The van der Waals surface area contributed by atoms with Crippen molar-refractivity contribution in [1.82, 2.24) is 4.98 Å². The first-order valence-corrected chi connectivity index (χ1v) is 6.96. The second-order valence-electron chi connectivity index (χ2n) is 5.78. The highest BCUT2D eigenvalue weighted by Gasteiger charge is 2.33. The first-order chi connectivity index (χ1) is 9.04. The SMILES string of the molecule is COCC1(O)CCCN(c2ccc(C(C)C)nc2)C1. The maximum absolute atomic E-state index is 10.5. The Morgan fingerprint density at radius 3 is 2.84 bits per heavy atom. The number of β-amino-alcohol motifs (C(OH)–C–C–N with tert-alkyl or cyclic N) is 1. The van der Waals surface area contributed by atoms with E-state index in [1.54, 1.807) is 7.11 Å². The summed E-state index contributed by atoms with van der Waals surface area (Å²) in [7, 11) is 1.63. The van der Waals surface area contributed by atoms with Gasteiger partial charge in [0.05, 0.1) is 18.5 Å². The van der Waals surface area contributed by atoms with Crippen molar-refractivity contribution in [3.63, 3.8) is 0 Å². The van der Waals surface area contributed by atoms with E-state index in [9.17, 15) is 5.11 Å². The number of methoxy groups -OCH3 is 1. The van der Waals surface area contributed by atoms with Crippen molar-refractivity contribution in [3.8, 4) is 0 Å². The lowest BCUT2D eigenvalue weighted by Gasteiger charge is -2.39. The molecule has 19 heavy (non-hydrogen) atoms. The fourth-order valence-electron chi connectivity index (χ4n) is 2.65. The molecule has 0 aliphatic carbocycles. The van der Waals surface area contributed by atoms with Gasteiger partial charge in [-0.3, -0.25) is 4.98 Å². The van der Waals surface area contributed by atoms with E-state index in [4.69, 9.17) is 4.74 Å². The predicted octanol–water partition coefficient (Wildman–Crippen LogP) is 2.18. The van der Waals surface area contributed by atoms with Gasteiger partial charge in [-0.1, -0.05) is 13.8 Å². The van der Waals surface area contributed by atoms with Crippen LogP contribution in [-0.4, -0.2) is 42.5 Å². The number of aliphatic hydroxyl groups is 1. The molecule has 1 aliphatic rings. The Morgan fingerprint density at radius 1 is 1.47 bits per heavy atom. The van der Waals surface area contributed by atoms with Crippen molar-refractivity contribution in [3.05, 3.63) is 24.0 Å². The van der Waals surface area contributed by atoms with Crippen LogP contribution in [0.2, 0.25) is 0 Å². The maximum Gasteiger partial charge on any atom is 0.105 e. The van der Waals surface area contributed by atoms with Crippen LogP contribution in [0.4, 0.5) is 5.69 Å². The molecule has 1 atom stereocenters. The van der Waals surface area contributed by atoms with Crippen LogP contribution in [0.5, 0.6) is 0 Å². The Morgan fingerprint density at radius 2 is 2.26 bits per heavy atom. The molecule has 4 heteroatoms. The third kappa shape index (κ3) is 3.45. The molecule has 1 unspecified atom stereocenters. The summed E-state index contributed by atoms with van der Waals surface area (Å²) in [4.78, 5) is 6.69. The molecule has 1 aliphatic heterocycles. The lowest BCUT2D eigenvalue weighted by atomic mass is 9.93. The molecule has 0 aromatic carbocycles. The average Bonchev–Trinajstić information content (AvgIpc) is 2.39. The molecule has 1 fully saturated rings. The zero-order valence-electron chi connectivity index (χ0n) is 12.1. The van der Waals surface area contributed by atoms with Gasteiger partial charge < -0.3 is 14.7 Å². The molecule has 1 aromatic rings. The van der Waals surface area contributed by atoms with Crippen LogP contribution in [0.1, 0.15) is 38.3 Å². The molecule has 1 saturated heterocycles. The summed E-state index contributed by atoms with van der Waals surface area (Å²) < 4.78 is 5.13. The quantitative estimate of drug-likeness (QED) is 0.905. The summed E-state index contributed by atoms with van der Waals surface area (Å²) in [5.74, 6) is 0.445. The highest BCUT2D eigenvalue weighted by Crippen LogP contribution is 2.26. The van der Waals surface area contributed by atoms with Crippen molar-refractivity contribution in [2.75, 3.05) is 31.7 Å². The Bertz CT molecular complexity index is 401. The van der Waals surface area contributed by atoms with E-state index in [2.05, 4.69) is 35.9 Å². The first-order valence-electron chi connectivity index (χ1n) is 6.96. The Hall–Kier alpha value is -1.13. The summed E-state index contributed by atoms with van der Waals surface area (Å²) in [6.07, 6.45) is 3.69. The smallest absolute Gasteiger partial charge is 0.105 e. The molecule has 1 N–H and O–H groups in total. The van der Waals surface area contributed by atoms with Crippen LogP contribution in [-0.2, 0) is 4.74 Å². The van der Waals surface area contributed by atoms with Gasteiger partial charge in [-0.15, -0.1) is 0 Å². The van der Waals surface area contributed by atoms with Gasteiger partial charge in [0.15, 0.2) is 0 Å². The van der Waals surface area contributed by atoms with Gasteiger partial charge in [-0.25, -0.2) is 0 Å². The van der Waals surface area contributed by atoms with E-state index in [-0.39, 0.29) is 0 Å². The first kappa shape index (κ1) is 14.3. The summed E-state index contributed by atoms with van der Waals surface area (Å²) in [5.41, 5.74) is 1.45. The fourth-order valence-corrected chi connectivity index (χ4v) is 2.65. The van der Waals surface area contributed by atoms with E-state index in [1.165, 1.54) is 0 Å². The summed E-state index contributed by atoms with van der Waals surface area (Å²) >= 11 is 0. The van der Waals surface area contributed by atoms with Crippen LogP contribution in [0.15, 0.2) is 18.3 Å². The van der Waals surface area contributed by atoms with Crippen LogP contribution >= 0.6 is 0 Å². The van der Waals surface area contributed by atoms with Crippen molar-refractivity contribution in [2.24, 2.45) is 0 Å². The van der Waals surface area contributed by atoms with Gasteiger partial charge in [0.2, 0.25) is 0 Å². The van der Waals surface area contributed by atoms with E-state index in [0.717, 1.165) is 30.8 Å². The molecule has 0 bridgehead atoms. The molecular formula is C15H24N2O2. The van der Waals surface area contributed by atoms with E-state index >= 15 is 0 Å². The minimum atomic E-state index is -0.732. The van der Waals surface area contributed by atoms with Gasteiger partial charge in [0.1, 0.15) is 5.60 Å². The maximum atomic E-state index is 10.5. The topological polar surface area (TPSA) is 45.6 Å². The minimum absolute atomic E-state index is 0.390. The monoisotopic (exact) mass is 264 g/mol. The van der Waals surface area contributed by atoms with Crippen LogP contribution < -0.4 is 4.90 Å². The Labute approximate surface area is 115 Å². The molecule has 4 nitrogen and oxygen atoms in total. The zero-order chi connectivity index (χ0) is 13.9. The van der Waals surface area contributed by atoms with Gasteiger partial charge in [0, 0.05) is 25.9 Å². The Kier molecular flexibility index (Phi) is 4.42. The molecule has 0 saturated carbocycles. The van der Waals surface area contributed by atoms with Gasteiger partial charge in [-0.2, -0.15) is 0 Å². The molecular weight excluding hydrogens is 240 g/mol. The minimum Gasteiger partial charge on any atom is -0.386 e. The number of hydrogen-bond donors (Lipinski definition) is 1. The zero-order valence-corrected chi connectivity index (χ0v) is 12.1. The predicted molar refractivity (Wildman–Crippen MR) is 76.6 cm³/mol. The summed E-state index contributed by atoms with van der Waals surface area (Å²) in [6, 6.07) is 4.17. The third-order valence-electron chi connectivity index (χ3n) is 3.70. The van der Waals surface area contributed by atoms with Crippen LogP contribution in [0.25, 0.3) is 0 Å². The van der Waals surface area contributed by atoms with Crippen molar-refractivity contribution in [2.45, 2.75) is 38.2 Å². The van der Waals surface area contributed by atoms with Crippen LogP contribution in [0, 0.1) is 0 Å². The molecule has 2 rings (SSSR count). The largest absolute Gasteiger partial charge is 0.386 e. The fraction of sp³-hybridized carbons (Fsp3) is 0.667. The molecule has 106 valence electrons. The molecule has 0 radical (unpaired) electrons. The summed E-state index contributed by atoms with van der Waals surface area (Å²) in [5, 5.41) is 10.5. The highest BCUT2D eigenvalue weighted by atomic mass is 16.5. The number of pyridine rings is 1. The molecule has 0 amide bonds. The molecule has 0 spiro atoms. The van der Waals surface area contributed by atoms with E-state index < -0.39 is 5.60 Å². The number of aromatic nitrogens is 1. The van der Waals surface area contributed by atoms with Gasteiger partial charge in [-0.05, 0) is 30.9 Å². The lowest BCUT2D eigenvalue weighted by molar-refractivity contribution is -0.0393. The number of piperidine rings is 1. The number of rotatable bonds is 4. The van der Waals surface area contributed by atoms with Crippen molar-refractivity contribution >= 4 is 5.69 Å².